The van der Waals surface area contributed by atoms with Crippen LogP contribution in [-0.4, -0.2) is 23.7 Å². The van der Waals surface area contributed by atoms with Gasteiger partial charge < -0.3 is 0 Å². The standard InChI is InChI=1S/C18H22N4O2S/c1-15-6-5-9-18(10-15,14-19)21-25(23,24)17-11-20-22(13-17)12-16-7-3-2-4-8-16/h2-4,7-8,11,13,15,21H,5-6,9-10,12H2,1H3. The van der Waals surface area contributed by atoms with Crippen molar-refractivity contribution in [3.63, 3.8) is 0 Å². The van der Waals surface area contributed by atoms with E-state index in [-0.39, 0.29) is 4.90 Å². The quantitative estimate of drug-likeness (QED) is 0.890. The first kappa shape index (κ1) is 17.6. The molecule has 0 aliphatic heterocycles. The summed E-state index contributed by atoms with van der Waals surface area (Å²) in [6, 6.07) is 11.9. The van der Waals surface area contributed by atoms with Crippen LogP contribution in [0.4, 0.5) is 0 Å². The van der Waals surface area contributed by atoms with Crippen molar-refractivity contribution < 1.29 is 8.42 Å². The lowest BCUT2D eigenvalue weighted by molar-refractivity contribution is 0.270. The average molecular weight is 358 g/mol. The monoisotopic (exact) mass is 358 g/mol. The molecule has 7 heteroatoms. The highest BCUT2D eigenvalue weighted by atomic mass is 32.2. The molecule has 0 spiro atoms. The lowest BCUT2D eigenvalue weighted by atomic mass is 9.78. The lowest BCUT2D eigenvalue weighted by Gasteiger charge is -2.34. The SMILES string of the molecule is CC1CCCC(C#N)(NS(=O)(=O)c2cnn(Cc3ccccc3)c2)C1. The summed E-state index contributed by atoms with van der Waals surface area (Å²) < 4.78 is 29.7. The maximum atomic E-state index is 12.7. The Kier molecular flexibility index (Phi) is 4.93. The highest BCUT2D eigenvalue weighted by Crippen LogP contribution is 2.33. The summed E-state index contributed by atoms with van der Waals surface area (Å²) in [6.07, 6.45) is 5.81. The molecule has 1 heterocycles. The lowest BCUT2D eigenvalue weighted by Crippen LogP contribution is -2.49. The van der Waals surface area contributed by atoms with E-state index in [0.29, 0.717) is 25.3 Å². The maximum Gasteiger partial charge on any atom is 0.245 e. The fraction of sp³-hybridized carbons (Fsp3) is 0.444. The van der Waals surface area contributed by atoms with E-state index in [0.717, 1.165) is 18.4 Å². The Morgan fingerprint density at radius 1 is 1.40 bits per heavy atom. The van der Waals surface area contributed by atoms with Crippen LogP contribution in [0.15, 0.2) is 47.6 Å². The van der Waals surface area contributed by atoms with Gasteiger partial charge in [-0.3, -0.25) is 4.68 Å². The topological polar surface area (TPSA) is 87.8 Å². The third-order valence-corrected chi connectivity index (χ3v) is 6.14. The van der Waals surface area contributed by atoms with Crippen LogP contribution < -0.4 is 4.72 Å². The van der Waals surface area contributed by atoms with Gasteiger partial charge in [0.15, 0.2) is 0 Å². The zero-order valence-electron chi connectivity index (χ0n) is 14.2. The third-order valence-electron chi connectivity index (χ3n) is 4.65. The Labute approximate surface area is 148 Å². The highest BCUT2D eigenvalue weighted by molar-refractivity contribution is 7.89. The van der Waals surface area contributed by atoms with Crippen LogP contribution in [0, 0.1) is 17.2 Å². The molecule has 1 N–H and O–H groups in total. The highest BCUT2D eigenvalue weighted by Gasteiger charge is 2.39. The van der Waals surface area contributed by atoms with E-state index in [1.165, 1.54) is 12.4 Å². The van der Waals surface area contributed by atoms with Crippen molar-refractivity contribution >= 4 is 10.0 Å². The van der Waals surface area contributed by atoms with Crippen molar-refractivity contribution in [2.75, 3.05) is 0 Å². The molecule has 25 heavy (non-hydrogen) atoms. The zero-order chi connectivity index (χ0) is 17.9. The van der Waals surface area contributed by atoms with Crippen LogP contribution in [-0.2, 0) is 16.6 Å². The number of hydrogen-bond donors (Lipinski definition) is 1. The van der Waals surface area contributed by atoms with Gasteiger partial charge in [-0.15, -0.1) is 0 Å². The molecule has 132 valence electrons. The molecule has 1 aromatic heterocycles. The minimum absolute atomic E-state index is 0.0938. The molecule has 0 radical (unpaired) electrons. The van der Waals surface area contributed by atoms with Crippen LogP contribution in [0.2, 0.25) is 0 Å². The van der Waals surface area contributed by atoms with Crippen molar-refractivity contribution in [3.05, 3.63) is 48.3 Å². The summed E-state index contributed by atoms with van der Waals surface area (Å²) in [6.45, 7) is 2.55. The molecule has 0 amide bonds. The molecule has 2 unspecified atom stereocenters. The molecular formula is C18H22N4O2S. The molecule has 1 saturated carbocycles. The minimum Gasteiger partial charge on any atom is -0.267 e. The van der Waals surface area contributed by atoms with Gasteiger partial charge >= 0.3 is 0 Å². The number of sulfonamides is 1. The first-order valence-electron chi connectivity index (χ1n) is 8.44. The van der Waals surface area contributed by atoms with Crippen molar-refractivity contribution in [2.45, 2.75) is 49.6 Å². The predicted molar refractivity (Wildman–Crippen MR) is 94.1 cm³/mol. The molecule has 3 rings (SSSR count). The molecule has 0 saturated heterocycles. The summed E-state index contributed by atoms with van der Waals surface area (Å²) in [4.78, 5) is 0.0938. The fourth-order valence-electron chi connectivity index (χ4n) is 3.42. The largest absolute Gasteiger partial charge is 0.267 e. The van der Waals surface area contributed by atoms with Gasteiger partial charge in [-0.1, -0.05) is 50.1 Å². The fourth-order valence-corrected chi connectivity index (χ4v) is 4.73. The zero-order valence-corrected chi connectivity index (χ0v) is 15.0. The van der Waals surface area contributed by atoms with Crippen molar-refractivity contribution in [1.82, 2.24) is 14.5 Å². The van der Waals surface area contributed by atoms with Gasteiger partial charge in [0.25, 0.3) is 0 Å². The second kappa shape index (κ2) is 6.98. The normalized spacial score (nSPS) is 23.9. The Bertz CT molecular complexity index is 870. The van der Waals surface area contributed by atoms with Gasteiger partial charge in [0, 0.05) is 6.20 Å². The summed E-state index contributed by atoms with van der Waals surface area (Å²) in [5, 5.41) is 13.7. The maximum absolute atomic E-state index is 12.7. The summed E-state index contributed by atoms with van der Waals surface area (Å²) in [5.41, 5.74) is 0.0231. The number of aromatic nitrogens is 2. The van der Waals surface area contributed by atoms with Crippen molar-refractivity contribution in [3.8, 4) is 6.07 Å². The number of nitrogens with zero attached hydrogens (tertiary/aromatic N) is 3. The molecule has 0 bridgehead atoms. The smallest absolute Gasteiger partial charge is 0.245 e. The number of nitrogens with one attached hydrogen (secondary N) is 1. The van der Waals surface area contributed by atoms with E-state index in [2.05, 4.69) is 22.8 Å². The summed E-state index contributed by atoms with van der Waals surface area (Å²) in [7, 11) is -3.78. The summed E-state index contributed by atoms with van der Waals surface area (Å²) in [5.74, 6) is 0.330. The van der Waals surface area contributed by atoms with E-state index in [1.807, 2.05) is 30.3 Å². The van der Waals surface area contributed by atoms with Crippen LogP contribution in [0.1, 0.15) is 38.2 Å². The summed E-state index contributed by atoms with van der Waals surface area (Å²) >= 11 is 0. The minimum atomic E-state index is -3.78. The Balaban J connectivity index is 1.77. The average Bonchev–Trinajstić information content (AvgIpc) is 3.05. The van der Waals surface area contributed by atoms with Gasteiger partial charge in [-0.25, -0.2) is 8.42 Å². The van der Waals surface area contributed by atoms with Gasteiger partial charge in [0.1, 0.15) is 10.4 Å². The van der Waals surface area contributed by atoms with Gasteiger partial charge in [0.2, 0.25) is 10.0 Å². The third kappa shape index (κ3) is 4.09. The van der Waals surface area contributed by atoms with E-state index in [1.54, 1.807) is 4.68 Å². The molecule has 6 nitrogen and oxygen atoms in total. The van der Waals surface area contributed by atoms with E-state index in [9.17, 15) is 13.7 Å². The Morgan fingerprint density at radius 3 is 2.84 bits per heavy atom. The molecule has 2 atom stereocenters. The van der Waals surface area contributed by atoms with Gasteiger partial charge in [0.05, 0.1) is 18.8 Å². The Hall–Kier alpha value is -2.17. The molecule has 1 aliphatic carbocycles. The second-order valence-corrected chi connectivity index (χ2v) is 8.54. The van der Waals surface area contributed by atoms with Crippen LogP contribution >= 0.6 is 0 Å². The Morgan fingerprint density at radius 2 is 2.16 bits per heavy atom. The van der Waals surface area contributed by atoms with Crippen molar-refractivity contribution in [2.24, 2.45) is 5.92 Å². The molecule has 2 aromatic rings. The first-order chi connectivity index (χ1) is 11.9. The number of hydrogen-bond acceptors (Lipinski definition) is 4. The van der Waals surface area contributed by atoms with E-state index in [4.69, 9.17) is 0 Å². The van der Waals surface area contributed by atoms with Gasteiger partial charge in [-0.2, -0.15) is 15.1 Å². The van der Waals surface area contributed by atoms with Crippen LogP contribution in [0.5, 0.6) is 0 Å². The molecule has 1 aliphatic rings. The van der Waals surface area contributed by atoms with Gasteiger partial charge in [-0.05, 0) is 24.3 Å². The number of nitriles is 1. The van der Waals surface area contributed by atoms with E-state index < -0.39 is 15.6 Å². The molecule has 1 aromatic carbocycles. The first-order valence-corrected chi connectivity index (χ1v) is 9.92. The van der Waals surface area contributed by atoms with Crippen LogP contribution in [0.25, 0.3) is 0 Å². The molecular weight excluding hydrogens is 336 g/mol. The number of rotatable bonds is 5. The molecule has 1 fully saturated rings. The van der Waals surface area contributed by atoms with Crippen LogP contribution in [0.3, 0.4) is 0 Å². The predicted octanol–water partition coefficient (Wildman–Crippen LogP) is 2.68. The van der Waals surface area contributed by atoms with E-state index >= 15 is 0 Å². The van der Waals surface area contributed by atoms with Crippen molar-refractivity contribution in [1.29, 1.82) is 5.26 Å². The number of benzene rings is 1. The second-order valence-electron chi connectivity index (χ2n) is 6.86.